The fourth-order valence-electron chi connectivity index (χ4n) is 3.36. The van der Waals surface area contributed by atoms with Crippen molar-refractivity contribution in [1.82, 2.24) is 10.2 Å². The monoisotopic (exact) mass is 417 g/mol. The van der Waals surface area contributed by atoms with Crippen molar-refractivity contribution >= 4 is 27.4 Å². The first-order valence-electron chi connectivity index (χ1n) is 9.39. The third kappa shape index (κ3) is 4.17. The Kier molecular flexibility index (Phi) is 6.44. The van der Waals surface area contributed by atoms with E-state index >= 15 is 0 Å². The predicted octanol–water partition coefficient (Wildman–Crippen LogP) is 0.692. The van der Waals surface area contributed by atoms with Gasteiger partial charge in [-0.3, -0.25) is 9.59 Å². The van der Waals surface area contributed by atoms with E-state index in [0.717, 1.165) is 0 Å². The van der Waals surface area contributed by atoms with Gasteiger partial charge in [0.2, 0.25) is 18.0 Å². The van der Waals surface area contributed by atoms with Crippen molar-refractivity contribution in [2.75, 3.05) is 27.3 Å². The third-order valence-electron chi connectivity index (χ3n) is 5.49. The number of carbonyl (C=O) groups excluding carboxylic acids is 2. The number of rotatable bonds is 6. The predicted molar refractivity (Wildman–Crippen MR) is 104 cm³/mol. The minimum atomic E-state index is -3.71. The lowest BCUT2D eigenvalue weighted by Gasteiger charge is -2.31. The molecule has 1 saturated heterocycles. The molecule has 2 aliphatic rings. The molecule has 1 N–H and O–H groups in total. The molecule has 160 valence electrons. The maximum Gasteiger partial charge on any atom is 0.243 e. The zero-order valence-electron chi connectivity index (χ0n) is 17.4. The van der Waals surface area contributed by atoms with Crippen LogP contribution in [0.4, 0.5) is 0 Å². The van der Waals surface area contributed by atoms with Gasteiger partial charge >= 0.3 is 0 Å². The fraction of sp³-hybridized carbons (Fsp3) is 0.833. The largest absolute Gasteiger partial charge is 0.381 e. The van der Waals surface area contributed by atoms with Crippen LogP contribution in [0.25, 0.3) is 0 Å². The molecule has 0 aliphatic carbocycles. The number of hydrogen-bond acceptors (Lipinski definition) is 7. The first-order chi connectivity index (χ1) is 12.8. The van der Waals surface area contributed by atoms with Crippen molar-refractivity contribution in [3.63, 3.8) is 0 Å². The highest BCUT2D eigenvalue weighted by Gasteiger charge is 2.48. The van der Waals surface area contributed by atoms with Crippen molar-refractivity contribution in [3.05, 3.63) is 0 Å². The zero-order chi connectivity index (χ0) is 21.3. The molecule has 0 bridgehead atoms. The number of oxime groups is 1. The molecule has 9 nitrogen and oxygen atoms in total. The standard InChI is InChI=1S/C18H31N3O6S/c1-17(2,16(23)21(5)6)13-11-14(27-20-13)19-15(22)18(3,4)28(24,25)12-7-9-26-10-8-12/h12,14H,7-11H2,1-6H3,(H,19,22). The average Bonchev–Trinajstić information content (AvgIpc) is 3.10. The molecule has 0 aromatic heterocycles. The number of nitrogens with zero attached hydrogens (tertiary/aromatic N) is 2. The van der Waals surface area contributed by atoms with Crippen molar-refractivity contribution in [2.45, 2.75) is 63.2 Å². The number of ether oxygens (including phenoxy) is 1. The van der Waals surface area contributed by atoms with E-state index in [2.05, 4.69) is 10.5 Å². The van der Waals surface area contributed by atoms with Crippen LogP contribution in [0.3, 0.4) is 0 Å². The summed E-state index contributed by atoms with van der Waals surface area (Å²) in [6.07, 6.45) is 0.173. The first-order valence-corrected chi connectivity index (χ1v) is 10.9. The van der Waals surface area contributed by atoms with Gasteiger partial charge in [-0.1, -0.05) is 5.16 Å². The number of hydrogen-bond donors (Lipinski definition) is 1. The molecular formula is C18H31N3O6S. The molecule has 28 heavy (non-hydrogen) atoms. The van der Waals surface area contributed by atoms with Crippen LogP contribution < -0.4 is 5.32 Å². The molecular weight excluding hydrogens is 386 g/mol. The second-order valence-corrected chi connectivity index (χ2v) is 11.3. The van der Waals surface area contributed by atoms with E-state index < -0.39 is 37.4 Å². The Morgan fingerprint density at radius 3 is 2.25 bits per heavy atom. The Morgan fingerprint density at radius 1 is 1.14 bits per heavy atom. The van der Waals surface area contributed by atoms with E-state index in [-0.39, 0.29) is 12.3 Å². The SMILES string of the molecule is CN(C)C(=O)C(C)(C)C1=NOC(NC(=O)C(C)(C)S(=O)(=O)C2CCOCC2)C1. The Morgan fingerprint density at radius 2 is 1.71 bits per heavy atom. The van der Waals surface area contributed by atoms with Crippen molar-refractivity contribution in [2.24, 2.45) is 10.6 Å². The molecule has 2 aliphatic heterocycles. The van der Waals surface area contributed by atoms with Crippen molar-refractivity contribution in [3.8, 4) is 0 Å². The van der Waals surface area contributed by atoms with Gasteiger partial charge in [0.25, 0.3) is 0 Å². The van der Waals surface area contributed by atoms with Gasteiger partial charge < -0.3 is 19.8 Å². The second-order valence-electron chi connectivity index (χ2n) is 8.50. The molecule has 10 heteroatoms. The summed E-state index contributed by atoms with van der Waals surface area (Å²) in [7, 11) is -0.403. The minimum Gasteiger partial charge on any atom is -0.381 e. The van der Waals surface area contributed by atoms with E-state index in [4.69, 9.17) is 9.57 Å². The Labute approximate surface area is 166 Å². The molecule has 0 radical (unpaired) electrons. The lowest BCUT2D eigenvalue weighted by Crippen LogP contribution is -2.54. The topological polar surface area (TPSA) is 114 Å². The molecule has 0 aromatic rings. The van der Waals surface area contributed by atoms with Gasteiger partial charge in [0.15, 0.2) is 9.84 Å². The summed E-state index contributed by atoms with van der Waals surface area (Å²) in [6.45, 7) is 7.04. The Bertz CT molecular complexity index is 751. The molecule has 2 rings (SSSR count). The zero-order valence-corrected chi connectivity index (χ0v) is 18.3. The van der Waals surface area contributed by atoms with E-state index in [0.29, 0.717) is 31.8 Å². The summed E-state index contributed by atoms with van der Waals surface area (Å²) in [5, 5.41) is 5.99. The van der Waals surface area contributed by atoms with Crippen LogP contribution in [0.2, 0.25) is 0 Å². The highest BCUT2D eigenvalue weighted by atomic mass is 32.2. The van der Waals surface area contributed by atoms with E-state index in [1.165, 1.54) is 18.7 Å². The smallest absolute Gasteiger partial charge is 0.243 e. The normalized spacial score (nSPS) is 21.6. The van der Waals surface area contributed by atoms with Gasteiger partial charge in [0.05, 0.1) is 16.4 Å². The maximum absolute atomic E-state index is 13.0. The van der Waals surface area contributed by atoms with Crippen LogP contribution in [-0.4, -0.2) is 74.4 Å². The lowest BCUT2D eigenvalue weighted by molar-refractivity contribution is -0.134. The van der Waals surface area contributed by atoms with Gasteiger partial charge in [-0.2, -0.15) is 0 Å². The van der Waals surface area contributed by atoms with Gasteiger partial charge in [-0.25, -0.2) is 8.42 Å². The second kappa shape index (κ2) is 7.98. The lowest BCUT2D eigenvalue weighted by atomic mass is 9.84. The van der Waals surface area contributed by atoms with Crippen LogP contribution in [0.1, 0.15) is 47.0 Å². The summed E-state index contributed by atoms with van der Waals surface area (Å²) in [6, 6.07) is 0. The Hall–Kier alpha value is -1.68. The van der Waals surface area contributed by atoms with Crippen LogP contribution in [0.5, 0.6) is 0 Å². The van der Waals surface area contributed by atoms with E-state index in [9.17, 15) is 18.0 Å². The highest BCUT2D eigenvalue weighted by molar-refractivity contribution is 7.94. The molecule has 0 aromatic carbocycles. The van der Waals surface area contributed by atoms with E-state index in [1.54, 1.807) is 27.9 Å². The van der Waals surface area contributed by atoms with Gasteiger partial charge in [-0.05, 0) is 40.5 Å². The first kappa shape index (κ1) is 22.6. The van der Waals surface area contributed by atoms with E-state index in [1.807, 2.05) is 0 Å². The fourth-order valence-corrected chi connectivity index (χ4v) is 5.32. The molecule has 1 fully saturated rings. The molecule has 0 saturated carbocycles. The molecule has 2 amide bonds. The summed E-state index contributed by atoms with van der Waals surface area (Å²) in [4.78, 5) is 31.9. The number of nitrogens with one attached hydrogen (secondary N) is 1. The van der Waals surface area contributed by atoms with Crippen molar-refractivity contribution in [1.29, 1.82) is 0 Å². The van der Waals surface area contributed by atoms with Crippen LogP contribution >= 0.6 is 0 Å². The van der Waals surface area contributed by atoms with Gasteiger partial charge in [-0.15, -0.1) is 0 Å². The Balaban J connectivity index is 2.04. The summed E-state index contributed by atoms with van der Waals surface area (Å²) < 4.78 is 29.6. The molecule has 2 heterocycles. The van der Waals surface area contributed by atoms with Crippen LogP contribution in [0, 0.1) is 5.41 Å². The molecule has 1 atom stereocenters. The van der Waals surface area contributed by atoms with Gasteiger partial charge in [0, 0.05) is 33.7 Å². The minimum absolute atomic E-state index is 0.135. The third-order valence-corrected chi connectivity index (χ3v) is 8.45. The number of carbonyl (C=O) groups is 2. The van der Waals surface area contributed by atoms with Crippen molar-refractivity contribution < 1.29 is 27.6 Å². The number of sulfone groups is 1. The molecule has 1 unspecified atom stereocenters. The average molecular weight is 418 g/mol. The number of amides is 2. The van der Waals surface area contributed by atoms with Crippen LogP contribution in [0.15, 0.2) is 5.16 Å². The van der Waals surface area contributed by atoms with Crippen LogP contribution in [-0.2, 0) is 29.0 Å². The summed E-state index contributed by atoms with van der Waals surface area (Å²) in [5.74, 6) is -0.776. The summed E-state index contributed by atoms with van der Waals surface area (Å²) in [5.41, 5.74) is -0.381. The summed E-state index contributed by atoms with van der Waals surface area (Å²) >= 11 is 0. The van der Waals surface area contributed by atoms with Gasteiger partial charge in [0.1, 0.15) is 4.75 Å². The molecule has 0 spiro atoms. The highest BCUT2D eigenvalue weighted by Crippen LogP contribution is 2.30. The maximum atomic E-state index is 13.0. The quantitative estimate of drug-likeness (QED) is 0.680.